The van der Waals surface area contributed by atoms with Gasteiger partial charge in [0.1, 0.15) is 4.90 Å². The van der Waals surface area contributed by atoms with E-state index in [2.05, 4.69) is 0 Å². The van der Waals surface area contributed by atoms with Crippen LogP contribution in [-0.4, -0.2) is 25.7 Å². The van der Waals surface area contributed by atoms with E-state index < -0.39 is 9.05 Å². The fourth-order valence-electron chi connectivity index (χ4n) is 2.08. The number of aromatic nitrogens is 1. The molecular formula is C14H18ClNO3S. The molecule has 0 atom stereocenters. The number of benzene rings is 1. The Bertz CT molecular complexity index is 719. The van der Waals surface area contributed by atoms with Gasteiger partial charge >= 0.3 is 0 Å². The summed E-state index contributed by atoms with van der Waals surface area (Å²) in [5.41, 5.74) is 0.601. The number of aryl methyl sites for hydroxylation is 1. The summed E-state index contributed by atoms with van der Waals surface area (Å²) in [5.74, 6) is 0. The average molecular weight is 316 g/mol. The normalized spacial score (nSPS) is 13.0. The Balaban J connectivity index is 2.45. The van der Waals surface area contributed by atoms with Gasteiger partial charge in [0.2, 0.25) is 0 Å². The lowest BCUT2D eigenvalue weighted by Gasteiger charge is -2.23. The van der Waals surface area contributed by atoms with E-state index in [0.29, 0.717) is 11.9 Å². The quantitative estimate of drug-likeness (QED) is 0.795. The number of para-hydroxylation sites is 1. The van der Waals surface area contributed by atoms with Crippen LogP contribution in [0.1, 0.15) is 20.3 Å². The minimum atomic E-state index is -3.75. The van der Waals surface area contributed by atoms with Crippen molar-refractivity contribution < 1.29 is 13.2 Å². The lowest BCUT2D eigenvalue weighted by molar-refractivity contribution is 0.0123. The highest BCUT2D eigenvalue weighted by molar-refractivity contribution is 8.14. The van der Waals surface area contributed by atoms with Crippen LogP contribution >= 0.6 is 10.7 Å². The number of methoxy groups -OCH3 is 1. The lowest BCUT2D eigenvalue weighted by Crippen LogP contribution is -2.24. The second-order valence-corrected chi connectivity index (χ2v) is 7.89. The van der Waals surface area contributed by atoms with Crippen molar-refractivity contribution in [1.29, 1.82) is 0 Å². The summed E-state index contributed by atoms with van der Waals surface area (Å²) in [7, 11) is 3.42. The molecule has 0 saturated heterocycles. The molecule has 0 unspecified atom stereocenters. The Hall–Kier alpha value is -1.04. The minimum Gasteiger partial charge on any atom is -0.379 e. The molecular weight excluding hydrogens is 298 g/mol. The van der Waals surface area contributed by atoms with E-state index in [-0.39, 0.29) is 10.5 Å². The van der Waals surface area contributed by atoms with Crippen LogP contribution in [0.3, 0.4) is 0 Å². The molecule has 4 nitrogen and oxygen atoms in total. The third kappa shape index (κ3) is 3.16. The molecule has 1 aromatic carbocycles. The van der Waals surface area contributed by atoms with E-state index in [1.165, 1.54) is 0 Å². The first-order valence-electron chi connectivity index (χ1n) is 6.32. The highest BCUT2D eigenvalue weighted by Gasteiger charge is 2.20. The topological polar surface area (TPSA) is 48.3 Å². The van der Waals surface area contributed by atoms with Gasteiger partial charge in [-0.2, -0.15) is 0 Å². The summed E-state index contributed by atoms with van der Waals surface area (Å²) < 4.78 is 30.6. The number of ether oxygens (including phenoxy) is 1. The lowest BCUT2D eigenvalue weighted by atomic mass is 10.1. The molecule has 1 aromatic heterocycles. The maximum absolute atomic E-state index is 11.6. The molecule has 0 aliphatic heterocycles. The van der Waals surface area contributed by atoms with E-state index in [4.69, 9.17) is 15.4 Å². The summed E-state index contributed by atoms with van der Waals surface area (Å²) in [4.78, 5) is 0.157. The Morgan fingerprint density at radius 1 is 1.30 bits per heavy atom. The molecule has 0 spiro atoms. The van der Waals surface area contributed by atoms with Crippen LogP contribution in [0.15, 0.2) is 35.4 Å². The number of nitrogens with zero attached hydrogens (tertiary/aromatic N) is 1. The van der Waals surface area contributed by atoms with Gasteiger partial charge in [-0.1, -0.05) is 18.2 Å². The maximum atomic E-state index is 11.6. The molecule has 0 amide bonds. The van der Waals surface area contributed by atoms with Crippen molar-refractivity contribution in [2.24, 2.45) is 0 Å². The van der Waals surface area contributed by atoms with Gasteiger partial charge < -0.3 is 9.30 Å². The molecule has 0 radical (unpaired) electrons. The van der Waals surface area contributed by atoms with Crippen LogP contribution in [0.2, 0.25) is 0 Å². The Morgan fingerprint density at radius 3 is 2.55 bits per heavy atom. The van der Waals surface area contributed by atoms with Gasteiger partial charge in [0.05, 0.1) is 5.60 Å². The zero-order chi connectivity index (χ0) is 15.0. The molecule has 0 saturated carbocycles. The molecule has 0 aliphatic carbocycles. The summed E-state index contributed by atoms with van der Waals surface area (Å²) in [5, 5.41) is 0.651. The summed E-state index contributed by atoms with van der Waals surface area (Å²) >= 11 is 0. The molecule has 20 heavy (non-hydrogen) atoms. The monoisotopic (exact) mass is 315 g/mol. The molecule has 0 bridgehead atoms. The summed E-state index contributed by atoms with van der Waals surface area (Å²) in [6, 6.07) is 7.34. The van der Waals surface area contributed by atoms with Gasteiger partial charge in [-0.25, -0.2) is 8.42 Å². The van der Waals surface area contributed by atoms with Gasteiger partial charge in [-0.3, -0.25) is 0 Å². The van der Waals surface area contributed by atoms with E-state index in [9.17, 15) is 8.42 Å². The van der Waals surface area contributed by atoms with Crippen LogP contribution < -0.4 is 0 Å². The predicted molar refractivity (Wildman–Crippen MR) is 80.7 cm³/mol. The number of fused-ring (bicyclic) bond motifs is 1. The van der Waals surface area contributed by atoms with Gasteiger partial charge in [-0.15, -0.1) is 0 Å². The number of halogens is 1. The molecule has 0 aliphatic rings. The Kier molecular flexibility index (Phi) is 4.14. The minimum absolute atomic E-state index is 0.157. The Morgan fingerprint density at radius 2 is 1.95 bits per heavy atom. The van der Waals surface area contributed by atoms with Crippen molar-refractivity contribution in [2.75, 3.05) is 7.11 Å². The molecule has 6 heteroatoms. The van der Waals surface area contributed by atoms with Crippen LogP contribution in [-0.2, 0) is 20.3 Å². The SMILES string of the molecule is COC(C)(C)CCn1cc(S(=O)(=O)Cl)c2ccccc21. The molecule has 2 rings (SSSR count). The first-order chi connectivity index (χ1) is 9.24. The zero-order valence-electron chi connectivity index (χ0n) is 11.8. The van der Waals surface area contributed by atoms with Crippen molar-refractivity contribution in [3.63, 3.8) is 0 Å². The van der Waals surface area contributed by atoms with Crippen molar-refractivity contribution in [3.8, 4) is 0 Å². The van der Waals surface area contributed by atoms with Crippen LogP contribution in [0.4, 0.5) is 0 Å². The van der Waals surface area contributed by atoms with Crippen LogP contribution in [0, 0.1) is 0 Å². The fraction of sp³-hybridized carbons (Fsp3) is 0.429. The zero-order valence-corrected chi connectivity index (χ0v) is 13.3. The third-order valence-corrected chi connectivity index (χ3v) is 4.87. The molecule has 1 heterocycles. The van der Waals surface area contributed by atoms with Gasteiger partial charge in [0.25, 0.3) is 9.05 Å². The van der Waals surface area contributed by atoms with Crippen LogP contribution in [0.5, 0.6) is 0 Å². The smallest absolute Gasteiger partial charge is 0.263 e. The molecule has 0 N–H and O–H groups in total. The second kappa shape index (κ2) is 5.39. The first kappa shape index (κ1) is 15.4. The van der Waals surface area contributed by atoms with Crippen molar-refractivity contribution in [2.45, 2.75) is 37.3 Å². The van der Waals surface area contributed by atoms with Gasteiger partial charge in [-0.05, 0) is 26.3 Å². The maximum Gasteiger partial charge on any atom is 0.263 e. The Labute approximate surface area is 123 Å². The van der Waals surface area contributed by atoms with Crippen molar-refractivity contribution in [3.05, 3.63) is 30.5 Å². The molecule has 2 aromatic rings. The summed E-state index contributed by atoms with van der Waals surface area (Å²) in [6.45, 7) is 4.66. The third-order valence-electron chi connectivity index (χ3n) is 3.52. The van der Waals surface area contributed by atoms with Gasteiger partial charge in [0.15, 0.2) is 0 Å². The van der Waals surface area contributed by atoms with E-state index >= 15 is 0 Å². The molecule has 0 fully saturated rings. The van der Waals surface area contributed by atoms with Crippen molar-refractivity contribution >= 4 is 30.6 Å². The van der Waals surface area contributed by atoms with E-state index in [1.54, 1.807) is 25.4 Å². The number of hydrogen-bond donors (Lipinski definition) is 0. The highest BCUT2D eigenvalue weighted by Crippen LogP contribution is 2.28. The van der Waals surface area contributed by atoms with Gasteiger partial charge in [0, 0.05) is 41.4 Å². The standard InChI is InChI=1S/C14H18ClNO3S/c1-14(2,19-3)8-9-16-10-13(20(15,17)18)11-6-4-5-7-12(11)16/h4-7,10H,8-9H2,1-3H3. The van der Waals surface area contributed by atoms with E-state index in [1.807, 2.05) is 30.5 Å². The fourth-order valence-corrected chi connectivity index (χ4v) is 3.14. The van der Waals surface area contributed by atoms with E-state index in [0.717, 1.165) is 11.9 Å². The van der Waals surface area contributed by atoms with Crippen molar-refractivity contribution in [1.82, 2.24) is 4.57 Å². The largest absolute Gasteiger partial charge is 0.379 e. The predicted octanol–water partition coefficient (Wildman–Crippen LogP) is 3.38. The highest BCUT2D eigenvalue weighted by atomic mass is 35.7. The first-order valence-corrected chi connectivity index (χ1v) is 8.63. The number of hydrogen-bond acceptors (Lipinski definition) is 3. The average Bonchev–Trinajstić information content (AvgIpc) is 2.75. The second-order valence-electron chi connectivity index (χ2n) is 5.36. The molecule has 110 valence electrons. The summed E-state index contributed by atoms with van der Waals surface area (Å²) in [6.07, 6.45) is 2.36. The van der Waals surface area contributed by atoms with Crippen LogP contribution in [0.25, 0.3) is 10.9 Å². The number of rotatable bonds is 5.